The highest BCUT2D eigenvalue weighted by Gasteiger charge is 2.09. The lowest BCUT2D eigenvalue weighted by molar-refractivity contribution is 0.510. The average Bonchev–Trinajstić information content (AvgIpc) is 3.01. The van der Waals surface area contributed by atoms with Crippen LogP contribution in [0.4, 0.5) is 0 Å². The summed E-state index contributed by atoms with van der Waals surface area (Å²) < 4.78 is 1.78. The molecule has 0 radical (unpaired) electrons. The smallest absolute Gasteiger partial charge is 0.209 e. The number of hydrogen-bond acceptors (Lipinski definition) is 8. The maximum absolute atomic E-state index is 4.11. The molecule has 1 N–H and O–H groups in total. The molecule has 10 heteroatoms. The zero-order valence-electron chi connectivity index (χ0n) is 11.0. The monoisotopic (exact) mass is 283 g/mol. The summed E-state index contributed by atoms with van der Waals surface area (Å²) in [6.45, 7) is 4.76. The van der Waals surface area contributed by atoms with Crippen molar-refractivity contribution in [2.75, 3.05) is 13.1 Å². The van der Waals surface area contributed by atoms with E-state index in [2.05, 4.69) is 43.2 Å². The van der Waals surface area contributed by atoms with Gasteiger partial charge in [-0.1, -0.05) is 18.7 Å². The maximum atomic E-state index is 4.11. The lowest BCUT2D eigenvalue weighted by atomic mass is 10.5. The molecule has 19 heavy (non-hydrogen) atoms. The molecule has 0 fully saturated rings. The first kappa shape index (κ1) is 13.9. The van der Waals surface area contributed by atoms with E-state index in [9.17, 15) is 0 Å². The molecule has 0 aromatic carbocycles. The highest BCUT2D eigenvalue weighted by Crippen LogP contribution is 2.16. The number of thioether (sulfide) groups is 1. The van der Waals surface area contributed by atoms with E-state index in [-0.39, 0.29) is 0 Å². The summed E-state index contributed by atoms with van der Waals surface area (Å²) in [5.41, 5.74) is 0. The minimum Gasteiger partial charge on any atom is -0.315 e. The molecule has 0 aliphatic rings. The largest absolute Gasteiger partial charge is 0.315 e. The molecule has 9 nitrogen and oxygen atoms in total. The molecule has 0 unspecified atom stereocenters. The predicted molar refractivity (Wildman–Crippen MR) is 69.3 cm³/mol. The Morgan fingerprint density at radius 2 is 2.11 bits per heavy atom. The second kappa shape index (κ2) is 7.14. The molecule has 0 spiro atoms. The Morgan fingerprint density at radius 3 is 2.84 bits per heavy atom. The Morgan fingerprint density at radius 1 is 1.21 bits per heavy atom. The highest BCUT2D eigenvalue weighted by atomic mass is 32.2. The van der Waals surface area contributed by atoms with E-state index >= 15 is 0 Å². The van der Waals surface area contributed by atoms with Gasteiger partial charge >= 0.3 is 0 Å². The van der Waals surface area contributed by atoms with Gasteiger partial charge in [-0.15, -0.1) is 15.3 Å². The maximum Gasteiger partial charge on any atom is 0.209 e. The minimum absolute atomic E-state index is 0.608. The Kier molecular flexibility index (Phi) is 5.21. The Hall–Kier alpha value is -1.55. The van der Waals surface area contributed by atoms with Crippen molar-refractivity contribution in [2.24, 2.45) is 7.05 Å². The van der Waals surface area contributed by atoms with Crippen molar-refractivity contribution in [3.63, 3.8) is 0 Å². The van der Waals surface area contributed by atoms with Gasteiger partial charge in [-0.2, -0.15) is 4.80 Å². The normalized spacial score (nSPS) is 11.1. The molecule has 104 valence electrons. The average molecular weight is 283 g/mol. The van der Waals surface area contributed by atoms with E-state index in [0.717, 1.165) is 31.2 Å². The van der Waals surface area contributed by atoms with Crippen molar-refractivity contribution in [3.8, 4) is 0 Å². The molecule has 0 bridgehead atoms. The van der Waals surface area contributed by atoms with Gasteiger partial charge in [0, 0.05) is 6.54 Å². The number of aromatic nitrogens is 8. The van der Waals surface area contributed by atoms with E-state index in [1.165, 1.54) is 16.6 Å². The molecule has 0 saturated heterocycles. The minimum atomic E-state index is 0.608. The summed E-state index contributed by atoms with van der Waals surface area (Å²) in [4.78, 5) is 1.44. The number of rotatable bonds is 8. The van der Waals surface area contributed by atoms with Gasteiger partial charge < -0.3 is 5.32 Å². The molecule has 0 aliphatic carbocycles. The fourth-order valence-electron chi connectivity index (χ4n) is 1.44. The van der Waals surface area contributed by atoms with E-state index in [1.807, 2.05) is 0 Å². The fourth-order valence-corrected chi connectivity index (χ4v) is 2.18. The van der Waals surface area contributed by atoms with Crippen LogP contribution in [-0.2, 0) is 19.3 Å². The first-order valence-corrected chi connectivity index (χ1v) is 7.10. The topological polar surface area (TPSA) is 99.2 Å². The van der Waals surface area contributed by atoms with Crippen LogP contribution >= 0.6 is 11.8 Å². The van der Waals surface area contributed by atoms with Gasteiger partial charge in [0.1, 0.15) is 0 Å². The highest BCUT2D eigenvalue weighted by molar-refractivity contribution is 7.98. The van der Waals surface area contributed by atoms with Gasteiger partial charge in [-0.3, -0.25) is 0 Å². The van der Waals surface area contributed by atoms with E-state index < -0.39 is 0 Å². The predicted octanol–water partition coefficient (Wildman–Crippen LogP) is -0.511. The quantitative estimate of drug-likeness (QED) is 0.511. The standard InChI is InChI=1S/C9H17N9S/c1-3-4-10-5-6-18-9(12-14-16-18)19-7-8-11-15-17(2)13-8/h10H,3-7H2,1-2H3. The van der Waals surface area contributed by atoms with Gasteiger partial charge in [0.15, 0.2) is 5.82 Å². The summed E-state index contributed by atoms with van der Waals surface area (Å²) in [5, 5.41) is 27.5. The molecular weight excluding hydrogens is 266 g/mol. The summed E-state index contributed by atoms with van der Waals surface area (Å²) in [5.74, 6) is 1.28. The molecule has 0 atom stereocenters. The number of nitrogens with one attached hydrogen (secondary N) is 1. The fraction of sp³-hybridized carbons (Fsp3) is 0.778. The van der Waals surface area contributed by atoms with Crippen LogP contribution in [0.25, 0.3) is 0 Å². The first-order valence-electron chi connectivity index (χ1n) is 6.12. The third kappa shape index (κ3) is 4.24. The van der Waals surface area contributed by atoms with Crippen LogP contribution < -0.4 is 5.32 Å². The first-order chi connectivity index (χ1) is 9.29. The van der Waals surface area contributed by atoms with Crippen LogP contribution in [0.1, 0.15) is 19.2 Å². The molecule has 2 rings (SSSR count). The van der Waals surface area contributed by atoms with E-state index in [1.54, 1.807) is 11.7 Å². The molecule has 0 saturated carbocycles. The summed E-state index contributed by atoms with van der Waals surface area (Å²) in [6.07, 6.45) is 1.12. The third-order valence-electron chi connectivity index (χ3n) is 2.31. The van der Waals surface area contributed by atoms with Crippen LogP contribution in [0, 0.1) is 0 Å². The van der Waals surface area contributed by atoms with Crippen molar-refractivity contribution < 1.29 is 0 Å². The molecule has 2 aromatic rings. The van der Waals surface area contributed by atoms with Gasteiger partial charge in [-0.05, 0) is 28.6 Å². The zero-order chi connectivity index (χ0) is 13.5. The summed E-state index contributed by atoms with van der Waals surface area (Å²) >= 11 is 1.50. The second-order valence-corrected chi connectivity index (χ2v) is 4.86. The summed E-state index contributed by atoms with van der Waals surface area (Å²) in [6, 6.07) is 0. The van der Waals surface area contributed by atoms with Crippen molar-refractivity contribution in [1.82, 2.24) is 45.7 Å². The Balaban J connectivity index is 1.81. The van der Waals surface area contributed by atoms with Crippen molar-refractivity contribution in [2.45, 2.75) is 30.8 Å². The van der Waals surface area contributed by atoms with Crippen LogP contribution in [0.2, 0.25) is 0 Å². The summed E-state index contributed by atoms with van der Waals surface area (Å²) in [7, 11) is 1.74. The molecular formula is C9H17N9S. The van der Waals surface area contributed by atoms with Crippen LogP contribution in [-0.4, -0.2) is 53.5 Å². The van der Waals surface area contributed by atoms with Gasteiger partial charge in [-0.25, -0.2) is 4.68 Å². The Labute approximate surface area is 115 Å². The van der Waals surface area contributed by atoms with Gasteiger partial charge in [0.05, 0.1) is 19.3 Å². The number of tetrazole rings is 2. The third-order valence-corrected chi connectivity index (χ3v) is 3.26. The SMILES string of the molecule is CCCNCCn1nnnc1SCc1nnn(C)n1. The molecule has 0 amide bonds. The lowest BCUT2D eigenvalue weighted by Gasteiger charge is -2.04. The van der Waals surface area contributed by atoms with Crippen LogP contribution in [0.15, 0.2) is 5.16 Å². The molecule has 2 aromatic heterocycles. The second-order valence-electron chi connectivity index (χ2n) is 3.92. The molecule has 0 aliphatic heterocycles. The van der Waals surface area contributed by atoms with Gasteiger partial charge in [0.2, 0.25) is 5.16 Å². The van der Waals surface area contributed by atoms with Crippen LogP contribution in [0.3, 0.4) is 0 Å². The van der Waals surface area contributed by atoms with Crippen LogP contribution in [0.5, 0.6) is 0 Å². The lowest BCUT2D eigenvalue weighted by Crippen LogP contribution is -2.21. The molecule has 2 heterocycles. The van der Waals surface area contributed by atoms with E-state index in [0.29, 0.717) is 11.6 Å². The van der Waals surface area contributed by atoms with Crippen molar-refractivity contribution in [3.05, 3.63) is 5.82 Å². The number of nitrogens with zero attached hydrogens (tertiary/aromatic N) is 8. The van der Waals surface area contributed by atoms with Crippen molar-refractivity contribution >= 4 is 11.8 Å². The number of aryl methyl sites for hydroxylation is 1. The Bertz CT molecular complexity index is 493. The van der Waals surface area contributed by atoms with Crippen molar-refractivity contribution in [1.29, 1.82) is 0 Å². The van der Waals surface area contributed by atoms with E-state index in [4.69, 9.17) is 0 Å². The number of hydrogen-bond donors (Lipinski definition) is 1. The van der Waals surface area contributed by atoms with Gasteiger partial charge in [0.25, 0.3) is 0 Å². The zero-order valence-corrected chi connectivity index (χ0v) is 11.8.